The second-order valence-electron chi connectivity index (χ2n) is 5.66. The SMILES string of the molecule is CC(O)CC(C)NC(=O)C1(c2ccc(N)cc2)CC1. The normalized spacial score (nSPS) is 19.5. The zero-order valence-corrected chi connectivity index (χ0v) is 11.5. The van der Waals surface area contributed by atoms with E-state index in [0.717, 1.165) is 18.4 Å². The van der Waals surface area contributed by atoms with Crippen molar-refractivity contribution < 1.29 is 9.90 Å². The number of benzene rings is 1. The van der Waals surface area contributed by atoms with Crippen LogP contribution in [-0.2, 0) is 10.2 Å². The van der Waals surface area contributed by atoms with Crippen LogP contribution in [0.2, 0.25) is 0 Å². The number of rotatable bonds is 5. The second kappa shape index (κ2) is 5.21. The van der Waals surface area contributed by atoms with Gasteiger partial charge in [-0.2, -0.15) is 0 Å². The van der Waals surface area contributed by atoms with Crippen LogP contribution < -0.4 is 11.1 Å². The van der Waals surface area contributed by atoms with E-state index in [0.29, 0.717) is 12.1 Å². The fourth-order valence-electron chi connectivity index (χ4n) is 2.51. The van der Waals surface area contributed by atoms with Gasteiger partial charge in [0.1, 0.15) is 0 Å². The lowest BCUT2D eigenvalue weighted by molar-refractivity contribution is -0.124. The molecule has 19 heavy (non-hydrogen) atoms. The van der Waals surface area contributed by atoms with E-state index >= 15 is 0 Å². The Morgan fingerprint density at radius 2 is 1.95 bits per heavy atom. The molecule has 1 aliphatic carbocycles. The van der Waals surface area contributed by atoms with Crippen molar-refractivity contribution in [3.05, 3.63) is 29.8 Å². The highest BCUT2D eigenvalue weighted by molar-refractivity contribution is 5.91. The molecule has 4 N–H and O–H groups in total. The molecule has 0 heterocycles. The molecule has 2 unspecified atom stereocenters. The number of nitrogen functional groups attached to an aromatic ring is 1. The molecule has 0 aliphatic heterocycles. The van der Waals surface area contributed by atoms with E-state index < -0.39 is 6.10 Å². The van der Waals surface area contributed by atoms with Crippen LogP contribution in [0, 0.1) is 0 Å². The lowest BCUT2D eigenvalue weighted by Crippen LogP contribution is -2.41. The standard InChI is InChI=1S/C15H22N2O2/c1-10(9-11(2)18)17-14(19)15(7-8-15)12-3-5-13(16)6-4-12/h3-6,10-11,18H,7-9,16H2,1-2H3,(H,17,19). The topological polar surface area (TPSA) is 75.3 Å². The van der Waals surface area contributed by atoms with Gasteiger partial charge in [0, 0.05) is 11.7 Å². The predicted octanol–water partition coefficient (Wildman–Crippen LogP) is 1.58. The fraction of sp³-hybridized carbons (Fsp3) is 0.533. The molecular weight excluding hydrogens is 240 g/mol. The molecule has 4 nitrogen and oxygen atoms in total. The number of anilines is 1. The van der Waals surface area contributed by atoms with Crippen LogP contribution in [0.5, 0.6) is 0 Å². The van der Waals surface area contributed by atoms with E-state index in [-0.39, 0.29) is 17.4 Å². The molecule has 1 aromatic rings. The van der Waals surface area contributed by atoms with Gasteiger partial charge in [0.15, 0.2) is 0 Å². The van der Waals surface area contributed by atoms with Gasteiger partial charge in [-0.3, -0.25) is 4.79 Å². The average Bonchev–Trinajstić information content (AvgIpc) is 3.09. The molecule has 104 valence electrons. The highest BCUT2D eigenvalue weighted by Gasteiger charge is 2.51. The summed E-state index contributed by atoms with van der Waals surface area (Å²) in [6, 6.07) is 7.52. The van der Waals surface area contributed by atoms with Gasteiger partial charge in [0.05, 0.1) is 11.5 Å². The van der Waals surface area contributed by atoms with E-state index in [9.17, 15) is 9.90 Å². The Labute approximate surface area is 114 Å². The number of nitrogens with one attached hydrogen (secondary N) is 1. The average molecular weight is 262 g/mol. The third kappa shape index (κ3) is 3.07. The number of carbonyl (C=O) groups excluding carboxylic acids is 1. The number of aliphatic hydroxyl groups is 1. The molecule has 1 fully saturated rings. The van der Waals surface area contributed by atoms with Gasteiger partial charge in [-0.25, -0.2) is 0 Å². The Kier molecular flexibility index (Phi) is 3.80. The van der Waals surface area contributed by atoms with Crippen LogP contribution in [0.4, 0.5) is 5.69 Å². The zero-order chi connectivity index (χ0) is 14.0. The Bertz CT molecular complexity index is 450. The second-order valence-corrected chi connectivity index (χ2v) is 5.66. The van der Waals surface area contributed by atoms with Crippen LogP contribution in [0.1, 0.15) is 38.7 Å². The first-order valence-electron chi connectivity index (χ1n) is 6.79. The molecular formula is C15H22N2O2. The molecule has 0 bridgehead atoms. The first-order valence-corrected chi connectivity index (χ1v) is 6.79. The maximum Gasteiger partial charge on any atom is 0.230 e. The smallest absolute Gasteiger partial charge is 0.230 e. The minimum Gasteiger partial charge on any atom is -0.399 e. The van der Waals surface area contributed by atoms with E-state index in [1.54, 1.807) is 6.92 Å². The zero-order valence-electron chi connectivity index (χ0n) is 11.5. The van der Waals surface area contributed by atoms with Crippen molar-refractivity contribution in [2.24, 2.45) is 0 Å². The molecule has 1 aliphatic rings. The first kappa shape index (κ1) is 13.9. The molecule has 2 rings (SSSR count). The van der Waals surface area contributed by atoms with Gasteiger partial charge in [-0.05, 0) is 50.8 Å². The molecule has 4 heteroatoms. The summed E-state index contributed by atoms with van der Waals surface area (Å²) >= 11 is 0. The van der Waals surface area contributed by atoms with Crippen molar-refractivity contribution in [3.63, 3.8) is 0 Å². The van der Waals surface area contributed by atoms with Crippen LogP contribution in [0.15, 0.2) is 24.3 Å². The van der Waals surface area contributed by atoms with Crippen molar-refractivity contribution in [2.75, 3.05) is 5.73 Å². The molecule has 1 saturated carbocycles. The number of aliphatic hydroxyl groups excluding tert-OH is 1. The van der Waals surface area contributed by atoms with Gasteiger partial charge < -0.3 is 16.2 Å². The van der Waals surface area contributed by atoms with Gasteiger partial charge in [0.25, 0.3) is 0 Å². The Balaban J connectivity index is 2.04. The van der Waals surface area contributed by atoms with E-state index in [1.807, 2.05) is 31.2 Å². The van der Waals surface area contributed by atoms with Crippen LogP contribution in [0.25, 0.3) is 0 Å². The number of amides is 1. The number of hydrogen-bond acceptors (Lipinski definition) is 3. The van der Waals surface area contributed by atoms with Crippen LogP contribution in [0.3, 0.4) is 0 Å². The molecule has 0 spiro atoms. The first-order chi connectivity index (χ1) is 8.94. The van der Waals surface area contributed by atoms with Gasteiger partial charge >= 0.3 is 0 Å². The van der Waals surface area contributed by atoms with Crippen LogP contribution >= 0.6 is 0 Å². The molecule has 1 amide bonds. The van der Waals surface area contributed by atoms with E-state index in [4.69, 9.17) is 5.73 Å². The summed E-state index contributed by atoms with van der Waals surface area (Å²) < 4.78 is 0. The summed E-state index contributed by atoms with van der Waals surface area (Å²) in [6.07, 6.45) is 1.93. The van der Waals surface area contributed by atoms with E-state index in [2.05, 4.69) is 5.32 Å². The molecule has 0 radical (unpaired) electrons. The van der Waals surface area contributed by atoms with Crippen LogP contribution in [-0.4, -0.2) is 23.2 Å². The Hall–Kier alpha value is -1.55. The third-order valence-corrected chi connectivity index (χ3v) is 3.72. The maximum atomic E-state index is 12.4. The van der Waals surface area contributed by atoms with E-state index in [1.165, 1.54) is 0 Å². The third-order valence-electron chi connectivity index (χ3n) is 3.72. The minimum atomic E-state index is -0.401. The summed E-state index contributed by atoms with van der Waals surface area (Å²) in [5.74, 6) is 0.0606. The summed E-state index contributed by atoms with van der Waals surface area (Å²) in [4.78, 5) is 12.4. The summed E-state index contributed by atoms with van der Waals surface area (Å²) in [6.45, 7) is 3.65. The highest BCUT2D eigenvalue weighted by atomic mass is 16.3. The van der Waals surface area contributed by atoms with Crippen molar-refractivity contribution >= 4 is 11.6 Å². The number of carbonyl (C=O) groups is 1. The van der Waals surface area contributed by atoms with Gasteiger partial charge in [0.2, 0.25) is 5.91 Å². The maximum absolute atomic E-state index is 12.4. The highest BCUT2D eigenvalue weighted by Crippen LogP contribution is 2.48. The summed E-state index contributed by atoms with van der Waals surface area (Å²) in [5.41, 5.74) is 7.04. The molecule has 0 saturated heterocycles. The molecule has 1 aromatic carbocycles. The van der Waals surface area contributed by atoms with Gasteiger partial charge in [-0.1, -0.05) is 12.1 Å². The monoisotopic (exact) mass is 262 g/mol. The Morgan fingerprint density at radius 3 is 2.42 bits per heavy atom. The Morgan fingerprint density at radius 1 is 1.37 bits per heavy atom. The molecule has 0 aromatic heterocycles. The quantitative estimate of drug-likeness (QED) is 0.705. The lowest BCUT2D eigenvalue weighted by atomic mass is 9.94. The van der Waals surface area contributed by atoms with Crippen molar-refractivity contribution in [1.29, 1.82) is 0 Å². The molecule has 2 atom stereocenters. The van der Waals surface area contributed by atoms with Crippen molar-refractivity contribution in [1.82, 2.24) is 5.32 Å². The number of hydrogen-bond donors (Lipinski definition) is 3. The summed E-state index contributed by atoms with van der Waals surface area (Å²) in [5, 5.41) is 12.3. The minimum absolute atomic E-state index is 0.0150. The van der Waals surface area contributed by atoms with Crippen molar-refractivity contribution in [2.45, 2.75) is 50.7 Å². The number of nitrogens with two attached hydrogens (primary N) is 1. The van der Waals surface area contributed by atoms with Gasteiger partial charge in [-0.15, -0.1) is 0 Å². The largest absolute Gasteiger partial charge is 0.399 e. The lowest BCUT2D eigenvalue weighted by Gasteiger charge is -2.21. The van der Waals surface area contributed by atoms with Crippen molar-refractivity contribution in [3.8, 4) is 0 Å². The summed E-state index contributed by atoms with van der Waals surface area (Å²) in [7, 11) is 0. The predicted molar refractivity (Wildman–Crippen MR) is 75.7 cm³/mol. The fourth-order valence-corrected chi connectivity index (χ4v) is 2.51.